The molecule has 0 radical (unpaired) electrons. The molecule has 0 heterocycles. The lowest BCUT2D eigenvalue weighted by Crippen LogP contribution is -2.45. The van der Waals surface area contributed by atoms with E-state index in [1.165, 1.54) is 0 Å². The molecule has 0 aliphatic rings. The van der Waals surface area contributed by atoms with E-state index < -0.39 is 5.60 Å². The highest BCUT2D eigenvalue weighted by atomic mass is 16.3. The largest absolute Gasteiger partial charge is 0.384 e. The van der Waals surface area contributed by atoms with Gasteiger partial charge in [-0.25, -0.2) is 0 Å². The molecular formula is C12H21NO. The van der Waals surface area contributed by atoms with Crippen LogP contribution in [0, 0.1) is 12.3 Å². The summed E-state index contributed by atoms with van der Waals surface area (Å²) in [5.74, 6) is 2.50. The van der Waals surface area contributed by atoms with Crippen LogP contribution < -0.4 is 5.32 Å². The van der Waals surface area contributed by atoms with Crippen LogP contribution in [0.2, 0.25) is 0 Å². The van der Waals surface area contributed by atoms with Gasteiger partial charge in [0.05, 0.1) is 5.60 Å². The fourth-order valence-corrected chi connectivity index (χ4v) is 1.08. The van der Waals surface area contributed by atoms with Crippen molar-refractivity contribution in [3.05, 3.63) is 12.2 Å². The summed E-state index contributed by atoms with van der Waals surface area (Å²) in [6.07, 6.45) is 10.3. The first-order valence-electron chi connectivity index (χ1n) is 5.11. The monoisotopic (exact) mass is 195 g/mol. The molecule has 0 rings (SSSR count). The van der Waals surface area contributed by atoms with Crippen molar-refractivity contribution in [2.75, 3.05) is 6.54 Å². The summed E-state index contributed by atoms with van der Waals surface area (Å²) >= 11 is 0. The minimum Gasteiger partial charge on any atom is -0.384 e. The number of hydrogen-bond acceptors (Lipinski definition) is 2. The topological polar surface area (TPSA) is 32.3 Å². The van der Waals surface area contributed by atoms with Crippen molar-refractivity contribution in [1.29, 1.82) is 0 Å². The van der Waals surface area contributed by atoms with E-state index in [0.717, 1.165) is 13.0 Å². The van der Waals surface area contributed by atoms with Crippen molar-refractivity contribution in [1.82, 2.24) is 5.32 Å². The first kappa shape index (κ1) is 13.2. The third-order valence-corrected chi connectivity index (χ3v) is 2.27. The van der Waals surface area contributed by atoms with Crippen LogP contribution >= 0.6 is 0 Å². The van der Waals surface area contributed by atoms with Crippen LogP contribution in [0.1, 0.15) is 33.6 Å². The van der Waals surface area contributed by atoms with Crippen LogP contribution in [-0.4, -0.2) is 23.3 Å². The molecular weight excluding hydrogens is 174 g/mol. The molecule has 2 atom stereocenters. The summed E-state index contributed by atoms with van der Waals surface area (Å²) in [6, 6.07) is 0.0384. The zero-order valence-electron chi connectivity index (χ0n) is 9.38. The van der Waals surface area contributed by atoms with Crippen molar-refractivity contribution in [2.45, 2.75) is 45.3 Å². The van der Waals surface area contributed by atoms with E-state index in [-0.39, 0.29) is 6.04 Å². The lowest BCUT2D eigenvalue weighted by atomic mass is 9.97. The second-order valence-corrected chi connectivity index (χ2v) is 3.71. The molecule has 14 heavy (non-hydrogen) atoms. The van der Waals surface area contributed by atoms with Gasteiger partial charge in [0, 0.05) is 12.5 Å². The van der Waals surface area contributed by atoms with E-state index in [4.69, 9.17) is 6.42 Å². The van der Waals surface area contributed by atoms with E-state index >= 15 is 0 Å². The van der Waals surface area contributed by atoms with Gasteiger partial charge in [-0.1, -0.05) is 19.1 Å². The second-order valence-electron chi connectivity index (χ2n) is 3.71. The van der Waals surface area contributed by atoms with Crippen molar-refractivity contribution in [3.8, 4) is 12.3 Å². The molecule has 2 heteroatoms. The molecule has 0 aromatic heterocycles. The third kappa shape index (κ3) is 5.06. The second kappa shape index (κ2) is 6.64. The quantitative estimate of drug-likeness (QED) is 0.499. The van der Waals surface area contributed by atoms with Crippen LogP contribution in [-0.2, 0) is 0 Å². The van der Waals surface area contributed by atoms with Crippen molar-refractivity contribution >= 4 is 0 Å². The fraction of sp³-hybridized carbons (Fsp3) is 0.667. The van der Waals surface area contributed by atoms with Gasteiger partial charge in [0.1, 0.15) is 0 Å². The van der Waals surface area contributed by atoms with E-state index in [0.29, 0.717) is 6.42 Å². The molecule has 0 bridgehead atoms. The fourth-order valence-electron chi connectivity index (χ4n) is 1.08. The van der Waals surface area contributed by atoms with Crippen molar-refractivity contribution < 1.29 is 5.11 Å². The highest BCUT2D eigenvalue weighted by Gasteiger charge is 2.23. The summed E-state index contributed by atoms with van der Waals surface area (Å²) < 4.78 is 0. The Bertz CT molecular complexity index is 213. The normalized spacial score (nSPS) is 17.6. The van der Waals surface area contributed by atoms with Gasteiger partial charge < -0.3 is 10.4 Å². The first-order chi connectivity index (χ1) is 6.54. The number of allylic oxidation sites excluding steroid dienone is 1. The van der Waals surface area contributed by atoms with Gasteiger partial charge in [-0.2, -0.15) is 0 Å². The van der Waals surface area contributed by atoms with Gasteiger partial charge in [-0.3, -0.25) is 0 Å². The minimum atomic E-state index is -0.827. The average Bonchev–Trinajstić information content (AvgIpc) is 2.14. The summed E-state index contributed by atoms with van der Waals surface area (Å²) in [4.78, 5) is 0. The zero-order chi connectivity index (χ0) is 11.0. The van der Waals surface area contributed by atoms with Crippen LogP contribution in [0.15, 0.2) is 12.2 Å². The Balaban J connectivity index is 4.09. The highest BCUT2D eigenvalue weighted by Crippen LogP contribution is 2.11. The molecule has 0 aromatic rings. The Kier molecular flexibility index (Phi) is 6.27. The van der Waals surface area contributed by atoms with Crippen molar-refractivity contribution in [3.63, 3.8) is 0 Å². The number of rotatable bonds is 6. The van der Waals surface area contributed by atoms with Gasteiger partial charge in [0.2, 0.25) is 0 Å². The number of aliphatic hydroxyl groups is 1. The Labute approximate surface area is 87.4 Å². The lowest BCUT2D eigenvalue weighted by Gasteiger charge is -2.28. The summed E-state index contributed by atoms with van der Waals surface area (Å²) in [6.45, 7) is 6.77. The molecule has 0 spiro atoms. The number of nitrogens with one attached hydrogen (secondary N) is 1. The van der Waals surface area contributed by atoms with Crippen LogP contribution in [0.3, 0.4) is 0 Å². The van der Waals surface area contributed by atoms with Crippen molar-refractivity contribution in [2.24, 2.45) is 0 Å². The van der Waals surface area contributed by atoms with Gasteiger partial charge in [0.25, 0.3) is 0 Å². The van der Waals surface area contributed by atoms with E-state index in [1.807, 2.05) is 13.0 Å². The maximum Gasteiger partial charge on any atom is 0.0949 e. The predicted octanol–water partition coefficient (Wildman–Crippen LogP) is 1.70. The smallest absolute Gasteiger partial charge is 0.0949 e. The van der Waals surface area contributed by atoms with Gasteiger partial charge in [0.15, 0.2) is 0 Å². The third-order valence-electron chi connectivity index (χ3n) is 2.27. The lowest BCUT2D eigenvalue weighted by molar-refractivity contribution is 0.0736. The Hall–Kier alpha value is -0.780. The van der Waals surface area contributed by atoms with Gasteiger partial charge in [-0.05, 0) is 26.8 Å². The van der Waals surface area contributed by atoms with Crippen LogP contribution in [0.5, 0.6) is 0 Å². The predicted molar refractivity (Wildman–Crippen MR) is 61.0 cm³/mol. The Morgan fingerprint density at radius 3 is 2.79 bits per heavy atom. The van der Waals surface area contributed by atoms with E-state index in [9.17, 15) is 5.11 Å². The molecule has 0 fully saturated rings. The molecule has 2 N–H and O–H groups in total. The molecule has 0 aliphatic carbocycles. The molecule has 0 aliphatic heterocycles. The maximum atomic E-state index is 10.0. The van der Waals surface area contributed by atoms with Gasteiger partial charge >= 0.3 is 0 Å². The SMILES string of the molecule is C#CC/C=C/C(C)(O)C(C)NCCC. The molecule has 0 saturated carbocycles. The van der Waals surface area contributed by atoms with E-state index in [1.54, 1.807) is 13.0 Å². The minimum absolute atomic E-state index is 0.0384. The van der Waals surface area contributed by atoms with Gasteiger partial charge in [-0.15, -0.1) is 12.3 Å². The Morgan fingerprint density at radius 1 is 1.64 bits per heavy atom. The first-order valence-corrected chi connectivity index (χ1v) is 5.11. The standard InChI is InChI=1S/C12H21NO/c1-5-7-8-9-12(4,14)11(3)13-10-6-2/h1,8-9,11,13-14H,6-7,10H2,2-4H3/b9-8+. The summed E-state index contributed by atoms with van der Waals surface area (Å²) in [7, 11) is 0. The zero-order valence-corrected chi connectivity index (χ0v) is 9.38. The molecule has 0 aromatic carbocycles. The molecule has 80 valence electrons. The Morgan fingerprint density at radius 2 is 2.29 bits per heavy atom. The number of terminal acetylenes is 1. The molecule has 2 unspecified atom stereocenters. The molecule has 0 saturated heterocycles. The molecule has 0 amide bonds. The maximum absolute atomic E-state index is 10.0. The average molecular weight is 195 g/mol. The van der Waals surface area contributed by atoms with Crippen LogP contribution in [0.4, 0.5) is 0 Å². The molecule has 2 nitrogen and oxygen atoms in total. The summed E-state index contributed by atoms with van der Waals surface area (Å²) in [5, 5.41) is 13.3. The van der Waals surface area contributed by atoms with E-state index in [2.05, 4.69) is 18.2 Å². The van der Waals surface area contributed by atoms with Crippen LogP contribution in [0.25, 0.3) is 0 Å². The summed E-state index contributed by atoms with van der Waals surface area (Å²) in [5.41, 5.74) is -0.827. The number of hydrogen-bond donors (Lipinski definition) is 2. The highest BCUT2D eigenvalue weighted by molar-refractivity contribution is 5.07.